The van der Waals surface area contributed by atoms with Gasteiger partial charge in [-0.15, -0.1) is 0 Å². The molecule has 3 N–H and O–H groups in total. The number of carbonyl (C=O) groups excluding carboxylic acids is 1. The Kier molecular flexibility index (Phi) is 5.80. The fourth-order valence-corrected chi connectivity index (χ4v) is 2.17. The van der Waals surface area contributed by atoms with Gasteiger partial charge in [0.25, 0.3) is 5.91 Å². The van der Waals surface area contributed by atoms with E-state index in [4.69, 9.17) is 4.74 Å². The summed E-state index contributed by atoms with van der Waals surface area (Å²) in [6.45, 7) is 7.88. The summed E-state index contributed by atoms with van der Waals surface area (Å²) in [6.07, 6.45) is 0.188. The number of aromatic nitrogens is 2. The summed E-state index contributed by atoms with van der Waals surface area (Å²) < 4.78 is 5.18. The quantitative estimate of drug-likeness (QED) is 0.586. The normalized spacial score (nSPS) is 12.0. The lowest BCUT2D eigenvalue weighted by atomic mass is 10.1. The number of nitrogens with one attached hydrogen (secondary N) is 3. The maximum atomic E-state index is 12.4. The summed E-state index contributed by atoms with van der Waals surface area (Å²) in [5.41, 5.74) is 1.51. The number of methoxy groups -OCH3 is 1. The number of aryl methyl sites for hydroxylation is 1. The molecular formula is C18H25N5O2. The van der Waals surface area contributed by atoms with Crippen LogP contribution in [0.15, 0.2) is 35.3 Å². The molecule has 0 unspecified atom stereocenters. The summed E-state index contributed by atoms with van der Waals surface area (Å²) in [5.74, 6) is 1.42. The van der Waals surface area contributed by atoms with Crippen LogP contribution in [0.25, 0.3) is 0 Å². The largest absolute Gasteiger partial charge is 0.497 e. The number of nitrogens with zero attached hydrogens (tertiary/aromatic N) is 2. The number of hydrogen-bond acceptors (Lipinski definition) is 3. The van der Waals surface area contributed by atoms with Crippen LogP contribution in [-0.4, -0.2) is 34.7 Å². The van der Waals surface area contributed by atoms with Gasteiger partial charge in [-0.2, -0.15) is 10.1 Å². The number of rotatable bonds is 4. The monoisotopic (exact) mass is 343 g/mol. The lowest BCUT2D eigenvalue weighted by molar-refractivity contribution is -0.117. The topological polar surface area (TPSA) is 91.4 Å². The standard InChI is InChI=1S/C18H25N5O2/c1-12-9-15(23-22-12)19-17(21-18(2,3)4)20-16(24)11-13-7-6-8-14(10-13)25-5/h6-10H,11H2,1-5H3,(H3,19,20,21,22,23,24). The Morgan fingerprint density at radius 3 is 2.68 bits per heavy atom. The van der Waals surface area contributed by atoms with Crippen LogP contribution in [0.1, 0.15) is 32.0 Å². The van der Waals surface area contributed by atoms with Crippen molar-refractivity contribution in [3.63, 3.8) is 0 Å². The first-order chi connectivity index (χ1) is 11.7. The molecule has 25 heavy (non-hydrogen) atoms. The molecule has 0 aliphatic heterocycles. The van der Waals surface area contributed by atoms with Crippen LogP contribution < -0.4 is 15.4 Å². The highest BCUT2D eigenvalue weighted by Gasteiger charge is 2.15. The van der Waals surface area contributed by atoms with Crippen LogP contribution in [0.5, 0.6) is 5.75 Å². The van der Waals surface area contributed by atoms with E-state index in [-0.39, 0.29) is 17.9 Å². The van der Waals surface area contributed by atoms with Gasteiger partial charge in [-0.3, -0.25) is 9.89 Å². The van der Waals surface area contributed by atoms with Gasteiger partial charge in [-0.1, -0.05) is 12.1 Å². The predicted octanol–water partition coefficient (Wildman–Crippen LogP) is 2.65. The fraction of sp³-hybridized carbons (Fsp3) is 0.389. The maximum Gasteiger partial charge on any atom is 0.253 e. The molecule has 0 aliphatic rings. The number of aliphatic imine (C=N–C) groups is 1. The Balaban J connectivity index is 2.14. The van der Waals surface area contributed by atoms with Crippen molar-refractivity contribution in [2.75, 3.05) is 12.4 Å². The van der Waals surface area contributed by atoms with Crippen LogP contribution in [0.4, 0.5) is 5.82 Å². The van der Waals surface area contributed by atoms with E-state index in [1.54, 1.807) is 7.11 Å². The van der Waals surface area contributed by atoms with E-state index < -0.39 is 0 Å². The number of ether oxygens (including phenoxy) is 1. The first kappa shape index (κ1) is 18.5. The zero-order chi connectivity index (χ0) is 18.4. The molecule has 1 amide bonds. The third-order valence-electron chi connectivity index (χ3n) is 3.17. The molecule has 1 aromatic heterocycles. The molecule has 0 radical (unpaired) electrons. The van der Waals surface area contributed by atoms with Gasteiger partial charge < -0.3 is 15.4 Å². The van der Waals surface area contributed by atoms with Crippen LogP contribution in [0.2, 0.25) is 0 Å². The van der Waals surface area contributed by atoms with Crippen LogP contribution in [-0.2, 0) is 11.2 Å². The Labute approximate surface area is 147 Å². The Morgan fingerprint density at radius 2 is 2.08 bits per heavy atom. The van der Waals surface area contributed by atoms with E-state index in [9.17, 15) is 4.79 Å². The lowest BCUT2D eigenvalue weighted by Crippen LogP contribution is -2.44. The van der Waals surface area contributed by atoms with Crippen molar-refractivity contribution in [1.82, 2.24) is 15.5 Å². The molecule has 0 bridgehead atoms. The minimum atomic E-state index is -0.264. The number of benzene rings is 1. The zero-order valence-electron chi connectivity index (χ0n) is 15.3. The molecule has 2 rings (SSSR count). The molecule has 0 fully saturated rings. The molecule has 7 nitrogen and oxygen atoms in total. The van der Waals surface area contributed by atoms with E-state index >= 15 is 0 Å². The second-order valence-electron chi connectivity index (χ2n) is 6.82. The van der Waals surface area contributed by atoms with Gasteiger partial charge >= 0.3 is 0 Å². The number of hydrogen-bond donors (Lipinski definition) is 3. The molecule has 2 aromatic rings. The lowest BCUT2D eigenvalue weighted by Gasteiger charge is -2.23. The highest BCUT2D eigenvalue weighted by molar-refractivity contribution is 6.01. The van der Waals surface area contributed by atoms with E-state index in [1.807, 2.05) is 58.0 Å². The number of guanidine groups is 1. The average molecular weight is 343 g/mol. The van der Waals surface area contributed by atoms with Gasteiger partial charge in [-0.25, -0.2) is 0 Å². The zero-order valence-corrected chi connectivity index (χ0v) is 15.3. The van der Waals surface area contributed by atoms with Crippen molar-refractivity contribution < 1.29 is 9.53 Å². The molecule has 1 heterocycles. The minimum Gasteiger partial charge on any atom is -0.497 e. The van der Waals surface area contributed by atoms with Crippen molar-refractivity contribution in [3.8, 4) is 5.75 Å². The van der Waals surface area contributed by atoms with Crippen molar-refractivity contribution in [2.24, 2.45) is 4.99 Å². The van der Waals surface area contributed by atoms with Gasteiger partial charge in [-0.05, 0) is 45.4 Å². The van der Waals surface area contributed by atoms with Crippen molar-refractivity contribution in [2.45, 2.75) is 39.7 Å². The fourth-order valence-electron chi connectivity index (χ4n) is 2.17. The highest BCUT2D eigenvalue weighted by atomic mass is 16.5. The summed E-state index contributed by atoms with van der Waals surface area (Å²) in [4.78, 5) is 16.5. The molecule has 0 saturated carbocycles. The second kappa shape index (κ2) is 7.83. The molecule has 0 aliphatic carbocycles. The molecule has 0 saturated heterocycles. The van der Waals surface area contributed by atoms with Crippen LogP contribution >= 0.6 is 0 Å². The Hall–Kier alpha value is -2.83. The molecule has 0 atom stereocenters. The van der Waals surface area contributed by atoms with Gasteiger partial charge in [0.1, 0.15) is 5.75 Å². The number of H-pyrrole nitrogens is 1. The molecule has 7 heteroatoms. The maximum absolute atomic E-state index is 12.4. The molecule has 134 valence electrons. The van der Waals surface area contributed by atoms with Crippen LogP contribution in [0.3, 0.4) is 0 Å². The molecule has 0 spiro atoms. The van der Waals surface area contributed by atoms with Gasteiger partial charge in [0, 0.05) is 17.3 Å². The highest BCUT2D eigenvalue weighted by Crippen LogP contribution is 2.13. The number of anilines is 1. The third-order valence-corrected chi connectivity index (χ3v) is 3.17. The number of amides is 1. The smallest absolute Gasteiger partial charge is 0.253 e. The van der Waals surface area contributed by atoms with Crippen molar-refractivity contribution in [3.05, 3.63) is 41.6 Å². The van der Waals surface area contributed by atoms with E-state index in [0.717, 1.165) is 11.3 Å². The Morgan fingerprint density at radius 1 is 1.32 bits per heavy atom. The summed E-state index contributed by atoms with van der Waals surface area (Å²) in [6, 6.07) is 9.23. The third kappa shape index (κ3) is 6.29. The summed E-state index contributed by atoms with van der Waals surface area (Å²) in [5, 5.41) is 13.2. The van der Waals surface area contributed by atoms with Gasteiger partial charge in [0.05, 0.1) is 13.5 Å². The van der Waals surface area contributed by atoms with Crippen LogP contribution in [0, 0.1) is 6.92 Å². The van der Waals surface area contributed by atoms with Crippen molar-refractivity contribution in [1.29, 1.82) is 0 Å². The summed E-state index contributed by atoms with van der Waals surface area (Å²) >= 11 is 0. The second-order valence-corrected chi connectivity index (χ2v) is 6.82. The SMILES string of the molecule is COc1cccc(CC(=O)/N=C(\Nc2cc(C)[nH]n2)NC(C)(C)C)c1. The van der Waals surface area contributed by atoms with E-state index in [0.29, 0.717) is 17.5 Å². The molecule has 1 aromatic carbocycles. The summed E-state index contributed by atoms with van der Waals surface area (Å²) in [7, 11) is 1.60. The Bertz CT molecular complexity index is 759. The van der Waals surface area contributed by atoms with E-state index in [1.165, 1.54) is 0 Å². The number of aromatic amines is 1. The molecular weight excluding hydrogens is 318 g/mol. The number of carbonyl (C=O) groups is 1. The first-order valence-corrected chi connectivity index (χ1v) is 8.07. The minimum absolute atomic E-state index is 0.188. The predicted molar refractivity (Wildman–Crippen MR) is 99.0 cm³/mol. The van der Waals surface area contributed by atoms with E-state index in [2.05, 4.69) is 25.8 Å². The van der Waals surface area contributed by atoms with Crippen molar-refractivity contribution >= 4 is 17.7 Å². The first-order valence-electron chi connectivity index (χ1n) is 8.07. The van der Waals surface area contributed by atoms with Gasteiger partial charge in [0.15, 0.2) is 5.82 Å². The van der Waals surface area contributed by atoms with Gasteiger partial charge in [0.2, 0.25) is 5.96 Å². The average Bonchev–Trinajstić information content (AvgIpc) is 2.90.